The Morgan fingerprint density at radius 2 is 2.20 bits per heavy atom. The second-order valence-electron chi connectivity index (χ2n) is 4.49. The first-order chi connectivity index (χ1) is 6.80. The van der Waals surface area contributed by atoms with Gasteiger partial charge in [0.05, 0.1) is 4.92 Å². The van der Waals surface area contributed by atoms with Crippen LogP contribution in [-0.2, 0) is 0 Å². The van der Waals surface area contributed by atoms with Crippen molar-refractivity contribution >= 4 is 21.5 Å². The molecular weight excluding hydrogens is 214 g/mol. The normalized spacial score (nSPS) is 13.6. The lowest BCUT2D eigenvalue weighted by Gasteiger charge is -2.27. The van der Waals surface area contributed by atoms with E-state index in [0.717, 1.165) is 11.3 Å². The molecule has 0 radical (unpaired) electrons. The Labute approximate surface area is 92.7 Å². The lowest BCUT2D eigenvalue weighted by molar-refractivity contribution is -0.380. The van der Waals surface area contributed by atoms with Crippen LogP contribution in [0, 0.1) is 15.5 Å². The highest BCUT2D eigenvalue weighted by Gasteiger charge is 2.21. The summed E-state index contributed by atoms with van der Waals surface area (Å²) in [4.78, 5) is 14.0. The maximum absolute atomic E-state index is 10.4. The maximum Gasteiger partial charge on any atom is 0.345 e. The van der Waals surface area contributed by atoms with E-state index in [2.05, 4.69) is 31.1 Å². The van der Waals surface area contributed by atoms with E-state index in [1.807, 2.05) is 6.92 Å². The topological polar surface area (TPSA) is 68.1 Å². The third-order valence-electron chi connectivity index (χ3n) is 2.31. The van der Waals surface area contributed by atoms with Crippen molar-refractivity contribution in [1.82, 2.24) is 4.98 Å². The number of nitrogens with zero attached hydrogens (tertiary/aromatic N) is 2. The quantitative estimate of drug-likeness (QED) is 0.639. The van der Waals surface area contributed by atoms with Crippen molar-refractivity contribution in [2.75, 3.05) is 5.32 Å². The average Bonchev–Trinajstić information content (AvgIpc) is 2.50. The average molecular weight is 229 g/mol. The van der Waals surface area contributed by atoms with Gasteiger partial charge in [0.25, 0.3) is 0 Å². The van der Waals surface area contributed by atoms with Crippen LogP contribution in [0.1, 0.15) is 27.7 Å². The zero-order valence-electron chi connectivity index (χ0n) is 9.27. The second-order valence-corrected chi connectivity index (χ2v) is 5.50. The number of rotatable bonds is 3. The summed E-state index contributed by atoms with van der Waals surface area (Å²) < 4.78 is 0. The minimum absolute atomic E-state index is 0.0682. The first-order valence-corrected chi connectivity index (χ1v) is 5.49. The fraction of sp³-hybridized carbons (Fsp3) is 0.667. The van der Waals surface area contributed by atoms with Crippen molar-refractivity contribution in [2.45, 2.75) is 33.7 Å². The van der Waals surface area contributed by atoms with Crippen LogP contribution in [0.2, 0.25) is 0 Å². The molecule has 1 heterocycles. The predicted octanol–water partition coefficient (Wildman–Crippen LogP) is 2.90. The van der Waals surface area contributed by atoms with Gasteiger partial charge < -0.3 is 5.32 Å². The summed E-state index contributed by atoms with van der Waals surface area (Å²) in [6.07, 6.45) is 1.28. The molecule has 15 heavy (non-hydrogen) atoms. The number of hydrogen-bond acceptors (Lipinski definition) is 5. The monoisotopic (exact) mass is 229 g/mol. The predicted molar refractivity (Wildman–Crippen MR) is 61.3 cm³/mol. The molecule has 0 amide bonds. The summed E-state index contributed by atoms with van der Waals surface area (Å²) in [5, 5.41) is 14.3. The summed E-state index contributed by atoms with van der Waals surface area (Å²) >= 11 is 1.06. The Morgan fingerprint density at radius 3 is 2.60 bits per heavy atom. The van der Waals surface area contributed by atoms with Crippen molar-refractivity contribution < 1.29 is 4.92 Å². The van der Waals surface area contributed by atoms with Gasteiger partial charge in [-0.3, -0.25) is 10.1 Å². The molecule has 0 aromatic carbocycles. The molecule has 1 unspecified atom stereocenters. The Bertz CT molecular complexity index is 356. The molecule has 84 valence electrons. The van der Waals surface area contributed by atoms with Crippen LogP contribution in [0.4, 0.5) is 10.1 Å². The lowest BCUT2D eigenvalue weighted by atomic mass is 9.88. The molecular formula is C9H15N3O2S. The fourth-order valence-corrected chi connectivity index (χ4v) is 1.54. The minimum Gasteiger partial charge on any atom is -0.358 e. The van der Waals surface area contributed by atoms with E-state index in [1.54, 1.807) is 0 Å². The van der Waals surface area contributed by atoms with Crippen molar-refractivity contribution in [3.05, 3.63) is 16.3 Å². The minimum atomic E-state index is -0.426. The van der Waals surface area contributed by atoms with Crippen molar-refractivity contribution in [1.29, 1.82) is 0 Å². The van der Waals surface area contributed by atoms with Gasteiger partial charge in [-0.05, 0) is 23.7 Å². The smallest absolute Gasteiger partial charge is 0.345 e. The number of aromatic nitrogens is 1. The Morgan fingerprint density at radius 1 is 1.60 bits per heavy atom. The number of nitro groups is 1. The van der Waals surface area contributed by atoms with Gasteiger partial charge in [-0.15, -0.1) is 0 Å². The van der Waals surface area contributed by atoms with Crippen molar-refractivity contribution in [3.63, 3.8) is 0 Å². The van der Waals surface area contributed by atoms with Crippen LogP contribution in [-0.4, -0.2) is 15.9 Å². The molecule has 6 heteroatoms. The summed E-state index contributed by atoms with van der Waals surface area (Å²) in [6.45, 7) is 8.35. The van der Waals surface area contributed by atoms with E-state index in [1.165, 1.54) is 6.20 Å². The Hall–Kier alpha value is -1.17. The van der Waals surface area contributed by atoms with Gasteiger partial charge in [-0.1, -0.05) is 20.8 Å². The first kappa shape index (κ1) is 11.9. The van der Waals surface area contributed by atoms with Gasteiger partial charge in [0.1, 0.15) is 6.20 Å². The molecule has 0 aliphatic rings. The summed E-state index contributed by atoms with van der Waals surface area (Å²) in [7, 11) is 0. The molecule has 0 bridgehead atoms. The maximum atomic E-state index is 10.4. The van der Waals surface area contributed by atoms with Crippen molar-refractivity contribution in [2.24, 2.45) is 5.41 Å². The highest BCUT2D eigenvalue weighted by molar-refractivity contribution is 7.18. The molecule has 1 N–H and O–H groups in total. The van der Waals surface area contributed by atoms with E-state index in [4.69, 9.17) is 0 Å². The van der Waals surface area contributed by atoms with Crippen LogP contribution >= 0.6 is 11.3 Å². The van der Waals surface area contributed by atoms with E-state index < -0.39 is 4.92 Å². The molecule has 1 aromatic rings. The van der Waals surface area contributed by atoms with E-state index in [-0.39, 0.29) is 16.5 Å². The van der Waals surface area contributed by atoms with Crippen LogP contribution < -0.4 is 5.32 Å². The van der Waals surface area contributed by atoms with Gasteiger partial charge >= 0.3 is 5.00 Å². The zero-order valence-corrected chi connectivity index (χ0v) is 10.1. The van der Waals surface area contributed by atoms with Gasteiger partial charge in [-0.2, -0.15) is 0 Å². The Balaban J connectivity index is 2.69. The molecule has 1 atom stereocenters. The number of thiazole rings is 1. The zero-order chi connectivity index (χ0) is 11.6. The van der Waals surface area contributed by atoms with Gasteiger partial charge in [0.2, 0.25) is 0 Å². The van der Waals surface area contributed by atoms with Crippen molar-refractivity contribution in [3.8, 4) is 0 Å². The highest BCUT2D eigenvalue weighted by Crippen LogP contribution is 2.28. The van der Waals surface area contributed by atoms with Gasteiger partial charge in [0, 0.05) is 6.04 Å². The summed E-state index contributed by atoms with van der Waals surface area (Å²) in [6, 6.07) is 0.211. The largest absolute Gasteiger partial charge is 0.358 e. The summed E-state index contributed by atoms with van der Waals surface area (Å²) in [5.74, 6) is 0. The molecule has 1 aromatic heterocycles. The number of hydrogen-bond donors (Lipinski definition) is 1. The fourth-order valence-electron chi connectivity index (χ4n) is 0.818. The van der Waals surface area contributed by atoms with Crippen LogP contribution in [0.25, 0.3) is 0 Å². The number of nitrogens with one attached hydrogen (secondary N) is 1. The van der Waals surface area contributed by atoms with E-state index in [9.17, 15) is 10.1 Å². The Kier molecular flexibility index (Phi) is 3.28. The second kappa shape index (κ2) is 4.14. The molecule has 0 aliphatic carbocycles. The van der Waals surface area contributed by atoms with Gasteiger partial charge in [0.15, 0.2) is 5.13 Å². The van der Waals surface area contributed by atoms with E-state index >= 15 is 0 Å². The molecule has 1 rings (SSSR count). The SMILES string of the molecule is CC(Nc1ncc([N+](=O)[O-])s1)C(C)(C)C. The molecule has 0 fully saturated rings. The lowest BCUT2D eigenvalue weighted by Crippen LogP contribution is -2.30. The molecule has 0 spiro atoms. The summed E-state index contributed by atoms with van der Waals surface area (Å²) in [5.41, 5.74) is 0.0977. The third kappa shape index (κ3) is 3.16. The molecule has 0 saturated heterocycles. The highest BCUT2D eigenvalue weighted by atomic mass is 32.1. The third-order valence-corrected chi connectivity index (χ3v) is 3.19. The van der Waals surface area contributed by atoms with Crippen LogP contribution in [0.3, 0.4) is 0 Å². The molecule has 0 saturated carbocycles. The standard InChI is InChI=1S/C9H15N3O2S/c1-6(9(2,3)4)11-8-10-5-7(15-8)12(13)14/h5-6H,1-4H3,(H,10,11). The van der Waals surface area contributed by atoms with Crippen LogP contribution in [0.5, 0.6) is 0 Å². The van der Waals surface area contributed by atoms with Crippen LogP contribution in [0.15, 0.2) is 6.20 Å². The number of anilines is 1. The first-order valence-electron chi connectivity index (χ1n) is 4.67. The van der Waals surface area contributed by atoms with E-state index in [0.29, 0.717) is 5.13 Å². The molecule has 5 nitrogen and oxygen atoms in total. The van der Waals surface area contributed by atoms with Gasteiger partial charge in [-0.25, -0.2) is 4.98 Å². The molecule has 0 aliphatic heterocycles.